The van der Waals surface area contributed by atoms with Crippen molar-refractivity contribution < 1.29 is 4.57 Å². The van der Waals surface area contributed by atoms with E-state index < -0.39 is 6.15 Å². The summed E-state index contributed by atoms with van der Waals surface area (Å²) >= 11 is 0. The minimum Gasteiger partial charge on any atom is -0.264 e. The van der Waals surface area contributed by atoms with Gasteiger partial charge in [-0.15, -0.1) is 0 Å². The van der Waals surface area contributed by atoms with Crippen molar-refractivity contribution in [1.82, 2.24) is 4.57 Å². The Morgan fingerprint density at radius 2 is 1.00 bits per heavy atom. The van der Waals surface area contributed by atoms with Crippen LogP contribution in [0.4, 0.5) is 0 Å². The van der Waals surface area contributed by atoms with Crippen LogP contribution in [0.1, 0.15) is 87.7 Å². The predicted molar refractivity (Wildman–Crippen MR) is 162 cm³/mol. The Morgan fingerprint density at radius 1 is 0.579 bits per heavy atom. The largest absolute Gasteiger partial charge is 0.264 e. The molecule has 3 heteroatoms. The second kappa shape index (κ2) is 11.0. The molecule has 0 amide bonds. The molecule has 3 aromatic carbocycles. The third kappa shape index (κ3) is 4.25. The molecule has 38 heavy (non-hydrogen) atoms. The molecule has 0 saturated heterocycles. The van der Waals surface area contributed by atoms with Crippen LogP contribution < -0.4 is 26.7 Å². The molecule has 2 fully saturated rings. The maximum atomic E-state index is 2.86. The lowest BCUT2D eigenvalue weighted by atomic mass is 9.15. The van der Waals surface area contributed by atoms with Crippen LogP contribution in [0.15, 0.2) is 91.0 Å². The highest BCUT2D eigenvalue weighted by atomic mass is 15.2. The topological polar surface area (TPSA) is 8.81 Å². The summed E-state index contributed by atoms with van der Waals surface area (Å²) in [5.41, 5.74) is 8.76. The molecule has 0 radical (unpaired) electrons. The molecule has 1 aromatic heterocycles. The summed E-state index contributed by atoms with van der Waals surface area (Å²) in [4.78, 5) is 0. The number of nitrogens with zero attached hydrogens (tertiary/aromatic N) is 2. The smallest absolute Gasteiger partial charge is 0.201 e. The first kappa shape index (κ1) is 25.2. The molecule has 6 rings (SSSR count). The summed E-state index contributed by atoms with van der Waals surface area (Å²) < 4.78 is 5.71. The maximum Gasteiger partial charge on any atom is 0.201 e. The van der Waals surface area contributed by atoms with Crippen molar-refractivity contribution in [2.75, 3.05) is 0 Å². The molecule has 0 N–H and O–H groups in total. The standard InChI is InChI=1S/C35H43BN2/c1-28-29(2)38(34-26-16-7-17-27-34)35(37(28)33-24-14-6-15-25-33)36(30-18-8-3-9-19-30,31-20-10-4-11-21-31)32-22-12-5-13-23-32/h3-5,8-13,18-23,33-34H,6-7,14-17,24-27H2,1-2H3. The molecule has 0 spiro atoms. The van der Waals surface area contributed by atoms with E-state index in [0.717, 1.165) is 0 Å². The Hall–Kier alpha value is -3.07. The van der Waals surface area contributed by atoms with E-state index in [4.69, 9.17) is 0 Å². The first-order valence-corrected chi connectivity index (χ1v) is 15.2. The SMILES string of the molecule is Cc1c(C)[n+](C2CCCCC2)c([B-](c2ccccc2)(c2ccccc2)c2ccccc2)n1C1CCCCC1. The quantitative estimate of drug-likeness (QED) is 0.234. The molecular weight excluding hydrogens is 459 g/mol. The third-order valence-corrected chi connectivity index (χ3v) is 9.91. The second-order valence-electron chi connectivity index (χ2n) is 12.0. The van der Waals surface area contributed by atoms with E-state index in [1.165, 1.54) is 92.0 Å². The average molecular weight is 503 g/mol. The van der Waals surface area contributed by atoms with Crippen molar-refractivity contribution in [3.8, 4) is 0 Å². The fourth-order valence-corrected chi connectivity index (χ4v) is 8.08. The van der Waals surface area contributed by atoms with Crippen LogP contribution in [0.5, 0.6) is 0 Å². The summed E-state index contributed by atoms with van der Waals surface area (Å²) in [6.07, 6.45) is 11.9. The molecule has 2 aliphatic rings. The zero-order valence-corrected chi connectivity index (χ0v) is 23.4. The van der Waals surface area contributed by atoms with Gasteiger partial charge in [0.15, 0.2) is 0 Å². The Kier molecular flexibility index (Phi) is 7.28. The van der Waals surface area contributed by atoms with Gasteiger partial charge >= 0.3 is 0 Å². The normalized spacial score (nSPS) is 17.5. The van der Waals surface area contributed by atoms with Gasteiger partial charge < -0.3 is 0 Å². The number of benzene rings is 3. The molecular formula is C35H43BN2. The molecule has 1 heterocycles. The van der Waals surface area contributed by atoms with Crippen molar-refractivity contribution in [1.29, 1.82) is 0 Å². The van der Waals surface area contributed by atoms with E-state index in [2.05, 4.69) is 114 Å². The number of aromatic nitrogens is 2. The van der Waals surface area contributed by atoms with Gasteiger partial charge in [-0.25, -0.2) is 0 Å². The van der Waals surface area contributed by atoms with Gasteiger partial charge in [0.05, 0.1) is 17.8 Å². The van der Waals surface area contributed by atoms with Crippen molar-refractivity contribution in [2.45, 2.75) is 90.1 Å². The van der Waals surface area contributed by atoms with Gasteiger partial charge in [-0.3, -0.25) is 9.13 Å². The van der Waals surface area contributed by atoms with Gasteiger partial charge in [0, 0.05) is 13.8 Å². The Morgan fingerprint density at radius 3 is 1.45 bits per heavy atom. The van der Waals surface area contributed by atoms with Gasteiger partial charge in [0.25, 0.3) is 0 Å². The highest BCUT2D eigenvalue weighted by Crippen LogP contribution is 2.31. The summed E-state index contributed by atoms with van der Waals surface area (Å²) in [6.45, 7) is 4.82. The fraction of sp³-hybridized carbons (Fsp3) is 0.400. The van der Waals surface area contributed by atoms with E-state index in [-0.39, 0.29) is 0 Å². The zero-order valence-electron chi connectivity index (χ0n) is 23.4. The van der Waals surface area contributed by atoms with Crippen molar-refractivity contribution >= 4 is 28.3 Å². The molecule has 2 nitrogen and oxygen atoms in total. The van der Waals surface area contributed by atoms with E-state index in [1.54, 1.807) is 5.72 Å². The molecule has 0 bridgehead atoms. The monoisotopic (exact) mass is 502 g/mol. The van der Waals surface area contributed by atoms with E-state index in [9.17, 15) is 0 Å². The lowest BCUT2D eigenvalue weighted by molar-refractivity contribution is -0.714. The second-order valence-corrected chi connectivity index (χ2v) is 12.0. The van der Waals surface area contributed by atoms with Crippen LogP contribution >= 0.6 is 0 Å². The van der Waals surface area contributed by atoms with Crippen molar-refractivity contribution in [3.05, 3.63) is 102 Å². The maximum absolute atomic E-state index is 2.86. The number of rotatable bonds is 6. The highest BCUT2D eigenvalue weighted by Gasteiger charge is 2.46. The number of hydrogen-bond donors (Lipinski definition) is 0. The van der Waals surface area contributed by atoms with Crippen LogP contribution in [-0.4, -0.2) is 10.7 Å². The molecule has 2 aliphatic carbocycles. The van der Waals surface area contributed by atoms with E-state index in [1.807, 2.05) is 0 Å². The van der Waals surface area contributed by atoms with Crippen LogP contribution in [0, 0.1) is 13.8 Å². The average Bonchev–Trinajstić information content (AvgIpc) is 3.26. The van der Waals surface area contributed by atoms with Gasteiger partial charge in [0.2, 0.25) is 6.15 Å². The first-order valence-electron chi connectivity index (χ1n) is 15.2. The molecule has 2 saturated carbocycles. The van der Waals surface area contributed by atoms with Gasteiger partial charge in [0.1, 0.15) is 11.4 Å². The van der Waals surface area contributed by atoms with Crippen molar-refractivity contribution in [2.24, 2.45) is 0 Å². The van der Waals surface area contributed by atoms with Gasteiger partial charge in [-0.05, 0) is 51.4 Å². The van der Waals surface area contributed by atoms with Crippen molar-refractivity contribution in [3.63, 3.8) is 0 Å². The Labute approximate surface area is 229 Å². The van der Waals surface area contributed by atoms with Gasteiger partial charge in [-0.2, -0.15) is 16.4 Å². The highest BCUT2D eigenvalue weighted by molar-refractivity contribution is 7.18. The molecule has 0 atom stereocenters. The molecule has 0 aliphatic heterocycles. The lowest BCUT2D eigenvalue weighted by Gasteiger charge is -2.43. The first-order chi connectivity index (χ1) is 18.7. The van der Waals surface area contributed by atoms with E-state index >= 15 is 0 Å². The molecule has 196 valence electrons. The summed E-state index contributed by atoms with van der Waals surface area (Å²) in [7, 11) is 0. The lowest BCUT2D eigenvalue weighted by Crippen LogP contribution is -2.83. The molecule has 0 unspecified atom stereocenters. The minimum absolute atomic E-state index is 0.569. The van der Waals surface area contributed by atoms with Crippen LogP contribution in [0.25, 0.3) is 0 Å². The van der Waals surface area contributed by atoms with Crippen LogP contribution in [-0.2, 0) is 0 Å². The van der Waals surface area contributed by atoms with Crippen LogP contribution in [0.2, 0.25) is 0 Å². The molecule has 4 aromatic rings. The number of imidazole rings is 1. The number of hydrogen-bond acceptors (Lipinski definition) is 0. The fourth-order valence-electron chi connectivity index (χ4n) is 8.08. The van der Waals surface area contributed by atoms with Crippen LogP contribution in [0.3, 0.4) is 0 Å². The Bertz CT molecular complexity index is 1190. The van der Waals surface area contributed by atoms with E-state index in [0.29, 0.717) is 12.1 Å². The third-order valence-electron chi connectivity index (χ3n) is 9.91. The minimum atomic E-state index is -1.41. The zero-order chi connectivity index (χ0) is 26.0. The summed E-state index contributed by atoms with van der Waals surface area (Å²) in [5, 5.41) is 0. The summed E-state index contributed by atoms with van der Waals surface area (Å²) in [6, 6.07) is 35.5. The Balaban J connectivity index is 1.77. The summed E-state index contributed by atoms with van der Waals surface area (Å²) in [5.74, 6) is 0. The predicted octanol–water partition coefficient (Wildman–Crippen LogP) is 5.78. The van der Waals surface area contributed by atoms with Gasteiger partial charge in [-0.1, -0.05) is 104 Å².